The maximum Gasteiger partial charge on any atom is 0.317 e. The lowest BCUT2D eigenvalue weighted by molar-refractivity contribution is -0.137. The van der Waals surface area contributed by atoms with Crippen molar-refractivity contribution >= 4 is 12.0 Å². The molecular formula is C35H64N2O3. The zero-order valence-corrected chi connectivity index (χ0v) is 27.7. The highest BCUT2D eigenvalue weighted by atomic mass is 16.4. The van der Waals surface area contributed by atoms with Gasteiger partial charge in [0, 0.05) is 19.6 Å². The van der Waals surface area contributed by atoms with Gasteiger partial charge in [0.05, 0.1) is 6.42 Å². The minimum absolute atomic E-state index is 0.0141. The van der Waals surface area contributed by atoms with Gasteiger partial charge in [0.1, 0.15) is 0 Å². The zero-order chi connectivity index (χ0) is 30.1. The van der Waals surface area contributed by atoms with Gasteiger partial charge in [-0.2, -0.15) is 0 Å². The number of carboxylic acid groups (broad SMARTS) is 1. The smallest absolute Gasteiger partial charge is 0.317 e. The van der Waals surface area contributed by atoms with Crippen LogP contribution < -0.4 is 5.32 Å². The predicted octanol–water partition coefficient (Wildman–Crippen LogP) is 9.32. The van der Waals surface area contributed by atoms with E-state index in [-0.39, 0.29) is 30.5 Å². The van der Waals surface area contributed by atoms with E-state index in [1.54, 1.807) is 12.6 Å². The average molecular weight is 561 g/mol. The van der Waals surface area contributed by atoms with Crippen LogP contribution in [0.3, 0.4) is 0 Å². The van der Waals surface area contributed by atoms with E-state index in [1.165, 1.54) is 62.7 Å². The third-order valence-electron chi connectivity index (χ3n) is 11.2. The van der Waals surface area contributed by atoms with Crippen LogP contribution >= 0.6 is 0 Å². The molecular weight excluding hydrogens is 496 g/mol. The van der Waals surface area contributed by atoms with Crippen molar-refractivity contribution in [3.05, 3.63) is 11.6 Å². The fraction of sp³-hybridized carbons (Fsp3) is 0.886. The molecule has 40 heavy (non-hydrogen) atoms. The standard InChI is InChI=1S/C31H52N2O3.2C2H6/c1-21(2)8-6-7-9-22-11-13-26-25-12-10-23-20-24(32-29(36)33(5)19-16-28(34)35)14-17-31(23,4)27(25)15-18-30(22,26)3;2*1-2/h10,21-22,24-27H,6-9,11-20H2,1-5H3,(H,32,36)(H,34,35);2*1-2H3. The van der Waals surface area contributed by atoms with E-state index in [1.807, 2.05) is 27.7 Å². The molecule has 3 saturated carbocycles. The summed E-state index contributed by atoms with van der Waals surface area (Å²) >= 11 is 0. The number of aliphatic carboxylic acids is 1. The van der Waals surface area contributed by atoms with Crippen molar-refractivity contribution in [1.29, 1.82) is 0 Å². The Kier molecular flexibility index (Phi) is 13.6. The van der Waals surface area contributed by atoms with Gasteiger partial charge in [0.25, 0.3) is 0 Å². The summed E-state index contributed by atoms with van der Waals surface area (Å²) in [5, 5.41) is 12.1. The number of nitrogens with one attached hydrogen (secondary N) is 1. The Hall–Kier alpha value is -1.52. The molecule has 232 valence electrons. The second kappa shape index (κ2) is 15.6. The fourth-order valence-corrected chi connectivity index (χ4v) is 8.96. The molecule has 4 aliphatic rings. The van der Waals surface area contributed by atoms with E-state index in [0.29, 0.717) is 5.41 Å². The minimum Gasteiger partial charge on any atom is -0.481 e. The van der Waals surface area contributed by atoms with E-state index >= 15 is 0 Å². The summed E-state index contributed by atoms with van der Waals surface area (Å²) in [5.41, 5.74) is 2.42. The summed E-state index contributed by atoms with van der Waals surface area (Å²) < 4.78 is 0. The number of carbonyl (C=O) groups is 2. The van der Waals surface area contributed by atoms with Crippen molar-refractivity contribution in [2.24, 2.45) is 40.4 Å². The molecule has 0 heterocycles. The Morgan fingerprint density at radius 3 is 2.38 bits per heavy atom. The maximum absolute atomic E-state index is 12.6. The summed E-state index contributed by atoms with van der Waals surface area (Å²) in [5.74, 6) is 3.42. The Labute approximate surface area is 247 Å². The predicted molar refractivity (Wildman–Crippen MR) is 168 cm³/mol. The highest BCUT2D eigenvalue weighted by Gasteiger charge is 2.58. The van der Waals surface area contributed by atoms with Crippen molar-refractivity contribution < 1.29 is 14.7 Å². The number of unbranched alkanes of at least 4 members (excludes halogenated alkanes) is 1. The molecule has 0 spiro atoms. The van der Waals surface area contributed by atoms with E-state index in [2.05, 4.69) is 39.1 Å². The van der Waals surface area contributed by atoms with Crippen molar-refractivity contribution in [2.75, 3.05) is 13.6 Å². The largest absolute Gasteiger partial charge is 0.481 e. The van der Waals surface area contributed by atoms with Crippen LogP contribution in [0, 0.1) is 40.4 Å². The van der Waals surface area contributed by atoms with E-state index in [9.17, 15) is 9.59 Å². The molecule has 0 aromatic rings. The number of hydrogen-bond acceptors (Lipinski definition) is 2. The van der Waals surface area contributed by atoms with E-state index in [0.717, 1.165) is 48.9 Å². The van der Waals surface area contributed by atoms with Crippen LogP contribution in [-0.2, 0) is 4.79 Å². The van der Waals surface area contributed by atoms with Crippen LogP contribution in [0.25, 0.3) is 0 Å². The molecule has 5 nitrogen and oxygen atoms in total. The molecule has 0 aliphatic heterocycles. The van der Waals surface area contributed by atoms with Gasteiger partial charge < -0.3 is 15.3 Å². The normalized spacial score (nSPS) is 34.0. The van der Waals surface area contributed by atoms with Crippen molar-refractivity contribution in [3.63, 3.8) is 0 Å². The molecule has 7 unspecified atom stereocenters. The number of carboxylic acids is 1. The lowest BCUT2D eigenvalue weighted by Gasteiger charge is -2.58. The molecule has 5 heteroatoms. The van der Waals surface area contributed by atoms with Crippen LogP contribution in [0.4, 0.5) is 4.79 Å². The van der Waals surface area contributed by atoms with Gasteiger partial charge in [-0.05, 0) is 98.2 Å². The van der Waals surface area contributed by atoms with Gasteiger partial charge in [0.15, 0.2) is 0 Å². The van der Waals surface area contributed by atoms with Gasteiger partial charge in [-0.1, -0.05) is 86.3 Å². The summed E-state index contributed by atoms with van der Waals surface area (Å²) in [4.78, 5) is 25.0. The third kappa shape index (κ3) is 7.85. The number of urea groups is 1. The first-order valence-electron chi connectivity index (χ1n) is 17.0. The third-order valence-corrected chi connectivity index (χ3v) is 11.2. The second-order valence-corrected chi connectivity index (χ2v) is 13.7. The molecule has 0 bridgehead atoms. The highest BCUT2D eigenvalue weighted by molar-refractivity contribution is 5.75. The molecule has 4 aliphatic carbocycles. The number of hydrogen-bond donors (Lipinski definition) is 2. The summed E-state index contributed by atoms with van der Waals surface area (Å²) in [6, 6.07) is 0.0224. The zero-order valence-electron chi connectivity index (χ0n) is 27.7. The van der Waals surface area contributed by atoms with Gasteiger partial charge in [-0.25, -0.2) is 4.79 Å². The molecule has 4 rings (SSSR count). The van der Waals surface area contributed by atoms with Crippen molar-refractivity contribution in [3.8, 4) is 0 Å². The van der Waals surface area contributed by atoms with Crippen molar-refractivity contribution in [2.45, 2.75) is 145 Å². The van der Waals surface area contributed by atoms with Gasteiger partial charge in [-0.15, -0.1) is 0 Å². The number of amides is 2. The molecule has 2 N–H and O–H groups in total. The molecule has 7 atom stereocenters. The summed E-state index contributed by atoms with van der Waals surface area (Å²) in [6.45, 7) is 18.1. The second-order valence-electron chi connectivity index (χ2n) is 13.7. The highest BCUT2D eigenvalue weighted by Crippen LogP contribution is 2.66. The molecule has 0 aromatic carbocycles. The van der Waals surface area contributed by atoms with Crippen LogP contribution in [-0.4, -0.2) is 41.6 Å². The van der Waals surface area contributed by atoms with Crippen LogP contribution in [0.2, 0.25) is 0 Å². The first-order chi connectivity index (χ1) is 19.0. The lowest BCUT2D eigenvalue weighted by Crippen LogP contribution is -2.52. The first-order valence-corrected chi connectivity index (χ1v) is 17.0. The molecule has 0 radical (unpaired) electrons. The summed E-state index contributed by atoms with van der Waals surface area (Å²) in [6.07, 6.45) is 18.2. The fourth-order valence-electron chi connectivity index (χ4n) is 8.96. The molecule has 3 fully saturated rings. The van der Waals surface area contributed by atoms with E-state index in [4.69, 9.17) is 5.11 Å². The van der Waals surface area contributed by atoms with Gasteiger partial charge >= 0.3 is 12.0 Å². The molecule has 0 aromatic heterocycles. The monoisotopic (exact) mass is 560 g/mol. The first kappa shape index (κ1) is 34.7. The minimum atomic E-state index is -0.867. The number of nitrogens with zero attached hydrogens (tertiary/aromatic N) is 1. The lowest BCUT2D eigenvalue weighted by atomic mass is 9.47. The molecule has 0 saturated heterocycles. The Morgan fingerprint density at radius 2 is 1.73 bits per heavy atom. The quantitative estimate of drug-likeness (QED) is 0.218. The number of carbonyl (C=O) groups excluding carboxylic acids is 1. The van der Waals surface area contributed by atoms with Crippen LogP contribution in [0.1, 0.15) is 139 Å². The SMILES string of the molecule is CC.CC.CC(C)CCCCC1CCC2C3CC=C4CC(NC(=O)N(C)CCC(=O)O)CCC4(C)C3CCC12C. The topological polar surface area (TPSA) is 69.6 Å². The number of fused-ring (bicyclic) bond motifs is 5. The summed E-state index contributed by atoms with van der Waals surface area (Å²) in [7, 11) is 1.69. The molecule has 2 amide bonds. The Balaban J connectivity index is 0.00000134. The van der Waals surface area contributed by atoms with E-state index < -0.39 is 5.97 Å². The number of rotatable bonds is 9. The Morgan fingerprint density at radius 1 is 1.02 bits per heavy atom. The van der Waals surface area contributed by atoms with Gasteiger partial charge in [0.2, 0.25) is 0 Å². The van der Waals surface area contributed by atoms with Crippen LogP contribution in [0.15, 0.2) is 11.6 Å². The van der Waals surface area contributed by atoms with Gasteiger partial charge in [-0.3, -0.25) is 4.79 Å². The maximum atomic E-state index is 12.6. The Bertz CT molecular complexity index is 838. The average Bonchev–Trinajstić information content (AvgIpc) is 3.28. The van der Waals surface area contributed by atoms with Crippen LogP contribution in [0.5, 0.6) is 0 Å². The van der Waals surface area contributed by atoms with Crippen molar-refractivity contribution in [1.82, 2.24) is 10.2 Å². The number of allylic oxidation sites excluding steroid dienone is 1.